The molecular weight excluding hydrogens is 302 g/mol. The van der Waals surface area contributed by atoms with E-state index in [1.54, 1.807) is 11.3 Å². The molecule has 1 fully saturated rings. The summed E-state index contributed by atoms with van der Waals surface area (Å²) in [4.78, 5) is 15.9. The van der Waals surface area contributed by atoms with Gasteiger partial charge in [0.05, 0.1) is 12.5 Å². The molecule has 1 aliphatic carbocycles. The Balaban J connectivity index is 1.77. The lowest BCUT2D eigenvalue weighted by Gasteiger charge is -2.30. The molecule has 110 valence electrons. The van der Waals surface area contributed by atoms with Crippen LogP contribution >= 0.6 is 22.9 Å². The summed E-state index contributed by atoms with van der Waals surface area (Å²) in [7, 11) is 0. The fourth-order valence-corrected chi connectivity index (χ4v) is 3.47. The number of thiophene rings is 1. The highest BCUT2D eigenvalue weighted by Crippen LogP contribution is 2.35. The normalized spacial score (nSPS) is 15.7. The maximum atomic E-state index is 12.7. The third-order valence-electron chi connectivity index (χ3n) is 3.90. The predicted molar refractivity (Wildman–Crippen MR) is 87.8 cm³/mol. The van der Waals surface area contributed by atoms with Crippen molar-refractivity contribution in [3.8, 4) is 0 Å². The van der Waals surface area contributed by atoms with E-state index >= 15 is 0 Å². The van der Waals surface area contributed by atoms with E-state index in [4.69, 9.17) is 11.6 Å². The maximum absolute atomic E-state index is 12.7. The highest BCUT2D eigenvalue weighted by molar-refractivity contribution is 7.10. The molecule has 1 saturated carbocycles. The molecule has 1 atom stereocenters. The van der Waals surface area contributed by atoms with Gasteiger partial charge in [-0.25, -0.2) is 0 Å². The average molecular weight is 320 g/mol. The van der Waals surface area contributed by atoms with Crippen LogP contribution in [0.3, 0.4) is 0 Å². The molecule has 2 aromatic rings. The Bertz CT molecular complexity index is 604. The molecular formula is C17H18ClNOS. The molecule has 0 N–H and O–H groups in total. The lowest BCUT2D eigenvalue weighted by molar-refractivity contribution is -0.133. The largest absolute Gasteiger partial charge is 0.333 e. The van der Waals surface area contributed by atoms with Crippen molar-refractivity contribution >= 4 is 28.8 Å². The van der Waals surface area contributed by atoms with Crippen molar-refractivity contribution < 1.29 is 4.79 Å². The van der Waals surface area contributed by atoms with Crippen LogP contribution in [0, 0.1) is 0 Å². The first-order valence-electron chi connectivity index (χ1n) is 7.24. The maximum Gasteiger partial charge on any atom is 0.228 e. The van der Waals surface area contributed by atoms with Gasteiger partial charge in [-0.2, -0.15) is 0 Å². The number of hydrogen-bond acceptors (Lipinski definition) is 2. The van der Waals surface area contributed by atoms with Gasteiger partial charge in [-0.15, -0.1) is 11.3 Å². The van der Waals surface area contributed by atoms with E-state index in [9.17, 15) is 4.79 Å². The van der Waals surface area contributed by atoms with Crippen molar-refractivity contribution in [2.75, 3.05) is 0 Å². The first-order valence-corrected chi connectivity index (χ1v) is 8.50. The molecule has 2 nitrogen and oxygen atoms in total. The zero-order valence-electron chi connectivity index (χ0n) is 12.0. The first kappa shape index (κ1) is 14.6. The van der Waals surface area contributed by atoms with E-state index in [0.717, 1.165) is 28.3 Å². The van der Waals surface area contributed by atoms with Crippen molar-refractivity contribution in [2.45, 2.75) is 38.3 Å². The molecule has 3 rings (SSSR count). The van der Waals surface area contributed by atoms with E-state index in [-0.39, 0.29) is 11.9 Å². The topological polar surface area (TPSA) is 20.3 Å². The van der Waals surface area contributed by atoms with Gasteiger partial charge in [0, 0.05) is 15.9 Å². The van der Waals surface area contributed by atoms with Crippen molar-refractivity contribution in [1.82, 2.24) is 4.90 Å². The Labute approximate surface area is 134 Å². The van der Waals surface area contributed by atoms with Crippen LogP contribution in [0.25, 0.3) is 0 Å². The molecule has 1 aliphatic rings. The average Bonchev–Trinajstić information content (AvgIpc) is 3.16. The standard InChI is InChI=1S/C17H18ClNOS/c1-12(13-4-6-14(18)7-5-13)19(15-8-9-15)17(20)11-16-3-2-10-21-16/h2-7,10,12,15H,8-9,11H2,1H3. The Kier molecular flexibility index (Phi) is 4.32. The summed E-state index contributed by atoms with van der Waals surface area (Å²) in [5, 5.41) is 2.75. The monoisotopic (exact) mass is 319 g/mol. The van der Waals surface area contributed by atoms with E-state index in [2.05, 4.69) is 11.8 Å². The van der Waals surface area contributed by atoms with Crippen LogP contribution in [0.5, 0.6) is 0 Å². The van der Waals surface area contributed by atoms with Gasteiger partial charge in [-0.05, 0) is 48.9 Å². The SMILES string of the molecule is CC(c1ccc(Cl)cc1)N(C(=O)Cc1cccs1)C1CC1. The van der Waals surface area contributed by atoms with Crippen LogP contribution in [0.1, 0.15) is 36.2 Å². The zero-order valence-corrected chi connectivity index (χ0v) is 13.5. The van der Waals surface area contributed by atoms with Gasteiger partial charge in [-0.1, -0.05) is 29.8 Å². The Hall–Kier alpha value is -1.32. The van der Waals surface area contributed by atoms with Crippen LogP contribution in [0.4, 0.5) is 0 Å². The summed E-state index contributed by atoms with van der Waals surface area (Å²) in [6.07, 6.45) is 2.74. The number of carbonyl (C=O) groups excluding carboxylic acids is 1. The molecule has 0 saturated heterocycles. The molecule has 1 heterocycles. The number of carbonyl (C=O) groups is 1. The summed E-state index contributed by atoms with van der Waals surface area (Å²) < 4.78 is 0. The van der Waals surface area contributed by atoms with Crippen molar-refractivity contribution in [1.29, 1.82) is 0 Å². The van der Waals surface area contributed by atoms with Crippen LogP contribution in [0.2, 0.25) is 5.02 Å². The summed E-state index contributed by atoms with van der Waals surface area (Å²) in [6.45, 7) is 2.11. The highest BCUT2D eigenvalue weighted by Gasteiger charge is 2.36. The second-order valence-corrected chi connectivity index (χ2v) is 6.98. The molecule has 0 radical (unpaired) electrons. The molecule has 21 heavy (non-hydrogen) atoms. The lowest BCUT2D eigenvalue weighted by atomic mass is 10.1. The van der Waals surface area contributed by atoms with E-state index in [1.807, 2.05) is 41.8 Å². The third-order valence-corrected chi connectivity index (χ3v) is 5.03. The van der Waals surface area contributed by atoms with Gasteiger partial charge in [-0.3, -0.25) is 4.79 Å². The van der Waals surface area contributed by atoms with Gasteiger partial charge in [0.1, 0.15) is 0 Å². The number of rotatable bonds is 5. The molecule has 1 aromatic heterocycles. The quantitative estimate of drug-likeness (QED) is 0.782. The molecule has 1 unspecified atom stereocenters. The van der Waals surface area contributed by atoms with Gasteiger partial charge in [0.2, 0.25) is 5.91 Å². The minimum atomic E-state index is 0.0993. The Morgan fingerprint density at radius 3 is 2.62 bits per heavy atom. The summed E-state index contributed by atoms with van der Waals surface area (Å²) in [5.74, 6) is 0.224. The predicted octanol–water partition coefficient (Wildman–Crippen LogP) is 4.70. The molecule has 0 aliphatic heterocycles. The molecule has 1 amide bonds. The summed E-state index contributed by atoms with van der Waals surface area (Å²) in [5.41, 5.74) is 1.14. The fourth-order valence-electron chi connectivity index (χ4n) is 2.64. The van der Waals surface area contributed by atoms with Gasteiger partial charge in [0.15, 0.2) is 0 Å². The second kappa shape index (κ2) is 6.20. The third kappa shape index (κ3) is 3.47. The van der Waals surface area contributed by atoms with Crippen molar-refractivity contribution in [3.63, 3.8) is 0 Å². The lowest BCUT2D eigenvalue weighted by Crippen LogP contribution is -2.36. The van der Waals surface area contributed by atoms with Crippen LogP contribution < -0.4 is 0 Å². The van der Waals surface area contributed by atoms with Crippen LogP contribution in [-0.2, 0) is 11.2 Å². The first-order chi connectivity index (χ1) is 10.1. The van der Waals surface area contributed by atoms with E-state index in [0.29, 0.717) is 12.5 Å². The van der Waals surface area contributed by atoms with E-state index < -0.39 is 0 Å². The minimum Gasteiger partial charge on any atom is -0.333 e. The van der Waals surface area contributed by atoms with Gasteiger partial charge in [0.25, 0.3) is 0 Å². The van der Waals surface area contributed by atoms with Crippen LogP contribution in [-0.4, -0.2) is 16.8 Å². The molecule has 0 bridgehead atoms. The summed E-state index contributed by atoms with van der Waals surface area (Å²) in [6, 6.07) is 12.3. The number of hydrogen-bond donors (Lipinski definition) is 0. The number of halogens is 1. The number of benzene rings is 1. The van der Waals surface area contributed by atoms with Crippen molar-refractivity contribution in [2.24, 2.45) is 0 Å². The number of nitrogens with zero attached hydrogens (tertiary/aromatic N) is 1. The summed E-state index contributed by atoms with van der Waals surface area (Å²) >= 11 is 7.59. The zero-order chi connectivity index (χ0) is 14.8. The minimum absolute atomic E-state index is 0.0993. The van der Waals surface area contributed by atoms with Crippen LogP contribution in [0.15, 0.2) is 41.8 Å². The highest BCUT2D eigenvalue weighted by atomic mass is 35.5. The molecule has 1 aromatic carbocycles. The Morgan fingerprint density at radius 1 is 1.33 bits per heavy atom. The second-order valence-electron chi connectivity index (χ2n) is 5.52. The number of amides is 1. The molecule has 0 spiro atoms. The van der Waals surface area contributed by atoms with Crippen molar-refractivity contribution in [3.05, 3.63) is 57.2 Å². The fraction of sp³-hybridized carbons (Fsp3) is 0.353. The Morgan fingerprint density at radius 2 is 2.05 bits per heavy atom. The van der Waals surface area contributed by atoms with Gasteiger partial charge >= 0.3 is 0 Å². The smallest absolute Gasteiger partial charge is 0.228 e. The molecule has 4 heteroatoms. The van der Waals surface area contributed by atoms with E-state index in [1.165, 1.54) is 0 Å². The van der Waals surface area contributed by atoms with Gasteiger partial charge < -0.3 is 4.90 Å².